The van der Waals surface area contributed by atoms with Crippen molar-refractivity contribution in [2.24, 2.45) is 0 Å². The van der Waals surface area contributed by atoms with Gasteiger partial charge in [-0.25, -0.2) is 18.9 Å². The highest BCUT2D eigenvalue weighted by molar-refractivity contribution is 7.98. The second-order valence-corrected chi connectivity index (χ2v) is 8.48. The van der Waals surface area contributed by atoms with Crippen LogP contribution in [0.15, 0.2) is 46.5 Å². The quantitative estimate of drug-likeness (QED) is 0.660. The first-order valence-corrected chi connectivity index (χ1v) is 9.72. The standard InChI is InChI=1S/C18H20ClN5O2S/c1-18(2,3)21-14(25)10-24-17(26)23-9-8-20-16(15(23)22-24)27-11-12-4-6-13(19)7-5-12/h4-9H,10-11H2,1-3H3,(H,21,25). The van der Waals surface area contributed by atoms with Crippen LogP contribution in [0.1, 0.15) is 26.3 Å². The molecule has 0 atom stereocenters. The number of carbonyl (C=O) groups is 1. The third-order valence-electron chi connectivity index (χ3n) is 3.57. The number of nitrogens with one attached hydrogen (secondary N) is 1. The van der Waals surface area contributed by atoms with Crippen molar-refractivity contribution in [3.63, 3.8) is 0 Å². The number of thioether (sulfide) groups is 1. The lowest BCUT2D eigenvalue weighted by Gasteiger charge is -2.20. The zero-order valence-corrected chi connectivity index (χ0v) is 16.8. The number of hydrogen-bond donors (Lipinski definition) is 1. The molecule has 1 N–H and O–H groups in total. The molecule has 0 saturated heterocycles. The van der Waals surface area contributed by atoms with Gasteiger partial charge < -0.3 is 5.32 Å². The lowest BCUT2D eigenvalue weighted by atomic mass is 10.1. The highest BCUT2D eigenvalue weighted by Gasteiger charge is 2.18. The monoisotopic (exact) mass is 405 g/mol. The number of amides is 1. The topological polar surface area (TPSA) is 81.3 Å². The van der Waals surface area contributed by atoms with Gasteiger partial charge in [-0.15, -0.1) is 5.10 Å². The van der Waals surface area contributed by atoms with E-state index in [1.54, 1.807) is 12.4 Å². The summed E-state index contributed by atoms with van der Waals surface area (Å²) < 4.78 is 2.56. The summed E-state index contributed by atoms with van der Waals surface area (Å²) in [5.41, 5.74) is 0.774. The lowest BCUT2D eigenvalue weighted by molar-refractivity contribution is -0.123. The molecular formula is C18H20ClN5O2S. The van der Waals surface area contributed by atoms with Gasteiger partial charge in [-0.05, 0) is 38.5 Å². The second-order valence-electron chi connectivity index (χ2n) is 7.08. The molecule has 1 amide bonds. The van der Waals surface area contributed by atoms with E-state index in [2.05, 4.69) is 15.4 Å². The predicted octanol–water partition coefficient (Wildman–Crippen LogP) is 2.75. The van der Waals surface area contributed by atoms with E-state index in [9.17, 15) is 9.59 Å². The Morgan fingerprint density at radius 1 is 1.26 bits per heavy atom. The Labute approximate surface area is 165 Å². The summed E-state index contributed by atoms with van der Waals surface area (Å²) in [4.78, 5) is 29.0. The summed E-state index contributed by atoms with van der Waals surface area (Å²) >= 11 is 7.38. The molecule has 3 aromatic rings. The lowest BCUT2D eigenvalue weighted by Crippen LogP contribution is -2.43. The van der Waals surface area contributed by atoms with E-state index in [0.717, 1.165) is 10.2 Å². The molecule has 0 bridgehead atoms. The highest BCUT2D eigenvalue weighted by Crippen LogP contribution is 2.24. The number of carbonyl (C=O) groups excluding carboxylic acids is 1. The van der Waals surface area contributed by atoms with Crippen molar-refractivity contribution in [3.8, 4) is 0 Å². The summed E-state index contributed by atoms with van der Waals surface area (Å²) in [7, 11) is 0. The van der Waals surface area contributed by atoms with Crippen LogP contribution in [0.2, 0.25) is 5.02 Å². The fraction of sp³-hybridized carbons (Fsp3) is 0.333. The van der Waals surface area contributed by atoms with E-state index < -0.39 is 0 Å². The molecule has 0 radical (unpaired) electrons. The zero-order chi connectivity index (χ0) is 19.6. The van der Waals surface area contributed by atoms with E-state index in [4.69, 9.17) is 11.6 Å². The van der Waals surface area contributed by atoms with Crippen molar-refractivity contribution in [2.45, 2.75) is 43.6 Å². The number of halogens is 1. The molecule has 2 aromatic heterocycles. The summed E-state index contributed by atoms with van der Waals surface area (Å²) in [6, 6.07) is 7.55. The van der Waals surface area contributed by atoms with Gasteiger partial charge in [0, 0.05) is 28.7 Å². The SMILES string of the molecule is CC(C)(C)NC(=O)Cn1nc2c(SCc3ccc(Cl)cc3)nccn2c1=O. The van der Waals surface area contributed by atoms with Crippen molar-refractivity contribution in [3.05, 3.63) is 57.7 Å². The van der Waals surface area contributed by atoms with Crippen LogP contribution in [0, 0.1) is 0 Å². The van der Waals surface area contributed by atoms with Crippen LogP contribution < -0.4 is 11.0 Å². The van der Waals surface area contributed by atoms with Gasteiger partial charge in [-0.2, -0.15) is 0 Å². The molecule has 0 aliphatic carbocycles. The van der Waals surface area contributed by atoms with Crippen LogP contribution >= 0.6 is 23.4 Å². The highest BCUT2D eigenvalue weighted by atomic mass is 35.5. The number of rotatable bonds is 5. The van der Waals surface area contributed by atoms with Gasteiger partial charge in [-0.3, -0.25) is 4.79 Å². The summed E-state index contributed by atoms with van der Waals surface area (Å²) in [6.07, 6.45) is 3.11. The van der Waals surface area contributed by atoms with Crippen LogP contribution in [0.25, 0.3) is 5.65 Å². The number of nitrogens with zero attached hydrogens (tertiary/aromatic N) is 4. The Kier molecular flexibility index (Phi) is 5.57. The van der Waals surface area contributed by atoms with Gasteiger partial charge in [0.2, 0.25) is 5.91 Å². The molecule has 2 heterocycles. The van der Waals surface area contributed by atoms with Crippen molar-refractivity contribution < 1.29 is 4.79 Å². The van der Waals surface area contributed by atoms with Gasteiger partial charge in [0.15, 0.2) is 5.65 Å². The third-order valence-corrected chi connectivity index (χ3v) is 4.86. The molecule has 1 aromatic carbocycles. The van der Waals surface area contributed by atoms with Crippen LogP contribution in [-0.2, 0) is 17.1 Å². The molecule has 27 heavy (non-hydrogen) atoms. The third kappa shape index (κ3) is 4.90. The Bertz CT molecular complexity index is 1020. The predicted molar refractivity (Wildman–Crippen MR) is 106 cm³/mol. The molecule has 0 unspecified atom stereocenters. The van der Waals surface area contributed by atoms with E-state index in [0.29, 0.717) is 21.4 Å². The van der Waals surface area contributed by atoms with E-state index in [1.807, 2.05) is 45.0 Å². The first-order chi connectivity index (χ1) is 12.7. The number of benzene rings is 1. The summed E-state index contributed by atoms with van der Waals surface area (Å²) in [6.45, 7) is 5.51. The molecule has 3 rings (SSSR count). The van der Waals surface area contributed by atoms with Gasteiger partial charge in [0.25, 0.3) is 0 Å². The normalized spacial score (nSPS) is 11.7. The molecule has 0 aliphatic heterocycles. The molecule has 0 spiro atoms. The second kappa shape index (κ2) is 7.74. The number of fused-ring (bicyclic) bond motifs is 1. The van der Waals surface area contributed by atoms with Crippen LogP contribution in [-0.4, -0.2) is 30.6 Å². The van der Waals surface area contributed by atoms with Crippen LogP contribution in [0.3, 0.4) is 0 Å². The first kappa shape index (κ1) is 19.4. The summed E-state index contributed by atoms with van der Waals surface area (Å²) in [5.74, 6) is 0.395. The zero-order valence-electron chi connectivity index (χ0n) is 15.3. The summed E-state index contributed by atoms with van der Waals surface area (Å²) in [5, 5.41) is 8.44. The van der Waals surface area contributed by atoms with Gasteiger partial charge in [0.05, 0.1) is 0 Å². The molecule has 0 saturated carbocycles. The van der Waals surface area contributed by atoms with Crippen molar-refractivity contribution in [2.75, 3.05) is 0 Å². The van der Waals surface area contributed by atoms with Gasteiger partial charge >= 0.3 is 5.69 Å². The molecule has 142 valence electrons. The maximum absolute atomic E-state index is 12.5. The maximum Gasteiger partial charge on any atom is 0.350 e. The van der Waals surface area contributed by atoms with E-state index >= 15 is 0 Å². The van der Waals surface area contributed by atoms with Crippen molar-refractivity contribution in [1.82, 2.24) is 24.5 Å². The Balaban J connectivity index is 1.82. The van der Waals surface area contributed by atoms with E-state index in [1.165, 1.54) is 16.2 Å². The van der Waals surface area contributed by atoms with E-state index in [-0.39, 0.29) is 23.7 Å². The molecule has 7 nitrogen and oxygen atoms in total. The number of aromatic nitrogens is 4. The van der Waals surface area contributed by atoms with Crippen molar-refractivity contribution >= 4 is 34.9 Å². The largest absolute Gasteiger partial charge is 0.350 e. The smallest absolute Gasteiger partial charge is 0.350 e. The fourth-order valence-corrected chi connectivity index (χ4v) is 3.48. The van der Waals surface area contributed by atoms with Crippen molar-refractivity contribution in [1.29, 1.82) is 0 Å². The molecule has 9 heteroatoms. The Morgan fingerprint density at radius 3 is 2.63 bits per heavy atom. The Morgan fingerprint density at radius 2 is 1.96 bits per heavy atom. The van der Waals surface area contributed by atoms with Gasteiger partial charge in [0.1, 0.15) is 11.6 Å². The minimum atomic E-state index is -0.374. The number of hydrogen-bond acceptors (Lipinski definition) is 5. The molecule has 0 fully saturated rings. The first-order valence-electron chi connectivity index (χ1n) is 8.35. The molecule has 0 aliphatic rings. The van der Waals surface area contributed by atoms with Crippen LogP contribution in [0.5, 0.6) is 0 Å². The Hall–Kier alpha value is -2.32. The fourth-order valence-electron chi connectivity index (χ4n) is 2.46. The average Bonchev–Trinajstić information content (AvgIpc) is 2.89. The minimum Gasteiger partial charge on any atom is -0.350 e. The minimum absolute atomic E-state index is 0.140. The maximum atomic E-state index is 12.5. The van der Waals surface area contributed by atoms with Crippen LogP contribution in [0.4, 0.5) is 0 Å². The molecular weight excluding hydrogens is 386 g/mol. The average molecular weight is 406 g/mol. The van der Waals surface area contributed by atoms with Gasteiger partial charge in [-0.1, -0.05) is 35.5 Å².